The van der Waals surface area contributed by atoms with Gasteiger partial charge in [-0.25, -0.2) is 9.59 Å². The third kappa shape index (κ3) is 4.83. The number of nitrogens with zero attached hydrogens (tertiary/aromatic N) is 1. The summed E-state index contributed by atoms with van der Waals surface area (Å²) in [5.41, 5.74) is -0.235. The number of urea groups is 1. The molecule has 2 fully saturated rings. The molecule has 0 unspecified atom stereocenters. The van der Waals surface area contributed by atoms with Crippen LogP contribution in [0.25, 0.3) is 0 Å². The van der Waals surface area contributed by atoms with Gasteiger partial charge in [0.25, 0.3) is 5.91 Å². The number of benzene rings is 1. The second-order valence-corrected chi connectivity index (χ2v) is 8.57. The van der Waals surface area contributed by atoms with Gasteiger partial charge in [0.05, 0.1) is 17.9 Å². The molecule has 0 atom stereocenters. The minimum atomic E-state index is -0.798. The predicted octanol–water partition coefficient (Wildman–Crippen LogP) is 3.60. The molecule has 2 aliphatic rings. The fourth-order valence-electron chi connectivity index (χ4n) is 3.87. The molecule has 30 heavy (non-hydrogen) atoms. The van der Waals surface area contributed by atoms with Gasteiger partial charge in [-0.3, -0.25) is 14.5 Å². The van der Waals surface area contributed by atoms with Crippen LogP contribution in [0.2, 0.25) is 0 Å². The third-order valence-electron chi connectivity index (χ3n) is 5.43. The van der Waals surface area contributed by atoms with Crippen molar-refractivity contribution >= 4 is 45.4 Å². The quantitative estimate of drug-likeness (QED) is 0.459. The van der Waals surface area contributed by atoms with Crippen LogP contribution >= 0.6 is 15.9 Å². The number of carbonyl (C=O) groups excluding carboxylic acids is 4. The molecule has 1 spiro atoms. The van der Waals surface area contributed by atoms with Crippen LogP contribution in [0.1, 0.15) is 62.2 Å². The number of amides is 4. The lowest BCUT2D eigenvalue weighted by Crippen LogP contribution is -2.48. The van der Waals surface area contributed by atoms with Crippen LogP contribution in [0.4, 0.5) is 10.5 Å². The minimum absolute atomic E-state index is 0.00953. The van der Waals surface area contributed by atoms with E-state index in [1.165, 1.54) is 0 Å². The highest BCUT2D eigenvalue weighted by Gasteiger charge is 2.51. The Hall–Kier alpha value is -2.42. The Kier molecular flexibility index (Phi) is 7.12. The summed E-state index contributed by atoms with van der Waals surface area (Å²) in [6.07, 6.45) is 4.78. The van der Waals surface area contributed by atoms with E-state index in [0.29, 0.717) is 29.4 Å². The standard InChI is InChI=1S/C21H26BrN3O5/c1-2-12-30-18(27)15-13-14(22)6-7-16(15)23-17(26)8-11-25-19(28)21(24-20(25)29)9-4-3-5-10-21/h6-7,13H,2-5,8-12H2,1H3,(H,23,26)(H,24,29). The molecule has 2 N–H and O–H groups in total. The minimum Gasteiger partial charge on any atom is -0.462 e. The van der Waals surface area contributed by atoms with Gasteiger partial charge in [0.2, 0.25) is 5.91 Å². The van der Waals surface area contributed by atoms with E-state index in [-0.39, 0.29) is 31.0 Å². The lowest BCUT2D eigenvalue weighted by Gasteiger charge is -2.30. The van der Waals surface area contributed by atoms with E-state index in [0.717, 1.165) is 24.2 Å². The molecule has 1 saturated heterocycles. The molecule has 1 aliphatic carbocycles. The maximum absolute atomic E-state index is 12.8. The molecule has 0 radical (unpaired) electrons. The number of nitrogens with one attached hydrogen (secondary N) is 2. The molecule has 1 aliphatic heterocycles. The first-order chi connectivity index (χ1) is 14.4. The predicted molar refractivity (Wildman–Crippen MR) is 114 cm³/mol. The molecule has 1 aromatic rings. The van der Waals surface area contributed by atoms with Crippen LogP contribution in [0.3, 0.4) is 0 Å². The van der Waals surface area contributed by atoms with Gasteiger partial charge in [0.15, 0.2) is 0 Å². The molecule has 1 saturated carbocycles. The molecular weight excluding hydrogens is 454 g/mol. The van der Waals surface area contributed by atoms with E-state index < -0.39 is 23.4 Å². The molecule has 8 nitrogen and oxygen atoms in total. The summed E-state index contributed by atoms with van der Waals surface area (Å²) in [5, 5.41) is 5.52. The largest absolute Gasteiger partial charge is 0.462 e. The summed E-state index contributed by atoms with van der Waals surface area (Å²) < 4.78 is 5.85. The number of halogens is 1. The van der Waals surface area contributed by atoms with Crippen LogP contribution in [-0.4, -0.2) is 47.4 Å². The maximum Gasteiger partial charge on any atom is 0.340 e. The number of imide groups is 1. The van der Waals surface area contributed by atoms with Crippen molar-refractivity contribution in [1.82, 2.24) is 10.2 Å². The van der Waals surface area contributed by atoms with Gasteiger partial charge in [-0.05, 0) is 37.5 Å². The van der Waals surface area contributed by atoms with Crippen molar-refractivity contribution in [3.05, 3.63) is 28.2 Å². The van der Waals surface area contributed by atoms with E-state index in [4.69, 9.17) is 4.74 Å². The number of hydrogen-bond donors (Lipinski definition) is 2. The zero-order chi connectivity index (χ0) is 21.7. The first-order valence-electron chi connectivity index (χ1n) is 10.3. The van der Waals surface area contributed by atoms with Crippen LogP contribution in [0.15, 0.2) is 22.7 Å². The number of ether oxygens (including phenoxy) is 1. The van der Waals surface area contributed by atoms with Gasteiger partial charge in [-0.1, -0.05) is 42.1 Å². The van der Waals surface area contributed by atoms with E-state index >= 15 is 0 Å². The first kappa shape index (κ1) is 22.3. The molecule has 0 bridgehead atoms. The molecule has 3 rings (SSSR count). The molecule has 1 aromatic carbocycles. The van der Waals surface area contributed by atoms with Crippen molar-refractivity contribution in [3.63, 3.8) is 0 Å². The van der Waals surface area contributed by atoms with Crippen molar-refractivity contribution in [2.45, 2.75) is 57.4 Å². The van der Waals surface area contributed by atoms with Crippen LogP contribution in [0, 0.1) is 0 Å². The summed E-state index contributed by atoms with van der Waals surface area (Å²) in [6.45, 7) is 2.17. The average molecular weight is 480 g/mol. The van der Waals surface area contributed by atoms with E-state index in [2.05, 4.69) is 26.6 Å². The summed E-state index contributed by atoms with van der Waals surface area (Å²) in [4.78, 5) is 51.0. The number of hydrogen-bond acceptors (Lipinski definition) is 5. The highest BCUT2D eigenvalue weighted by Crippen LogP contribution is 2.33. The van der Waals surface area contributed by atoms with E-state index in [1.807, 2.05) is 6.92 Å². The zero-order valence-corrected chi connectivity index (χ0v) is 18.5. The molecule has 4 amide bonds. The molecule has 162 valence electrons. The lowest BCUT2D eigenvalue weighted by molar-refractivity contribution is -0.132. The number of carbonyl (C=O) groups is 4. The Morgan fingerprint density at radius 1 is 1.23 bits per heavy atom. The van der Waals surface area contributed by atoms with Crippen LogP contribution in [-0.2, 0) is 14.3 Å². The molecule has 9 heteroatoms. The topological polar surface area (TPSA) is 105 Å². The molecular formula is C21H26BrN3O5. The highest BCUT2D eigenvalue weighted by molar-refractivity contribution is 9.10. The second kappa shape index (κ2) is 9.59. The van der Waals surface area contributed by atoms with Crippen LogP contribution in [0.5, 0.6) is 0 Å². The van der Waals surface area contributed by atoms with Gasteiger partial charge in [0, 0.05) is 17.4 Å². The molecule has 1 heterocycles. The fraction of sp³-hybridized carbons (Fsp3) is 0.524. The maximum atomic E-state index is 12.8. The van der Waals surface area contributed by atoms with Crippen LogP contribution < -0.4 is 10.6 Å². The fourth-order valence-corrected chi connectivity index (χ4v) is 4.23. The monoisotopic (exact) mass is 479 g/mol. The Bertz CT molecular complexity index is 851. The summed E-state index contributed by atoms with van der Waals surface area (Å²) in [5.74, 6) is -1.17. The average Bonchev–Trinajstić information content (AvgIpc) is 2.95. The van der Waals surface area contributed by atoms with Crippen molar-refractivity contribution in [3.8, 4) is 0 Å². The Labute approximate surface area is 183 Å². The summed E-state index contributed by atoms with van der Waals surface area (Å²) >= 11 is 3.31. The van der Waals surface area contributed by atoms with Gasteiger partial charge in [-0.15, -0.1) is 0 Å². The van der Waals surface area contributed by atoms with Gasteiger partial charge < -0.3 is 15.4 Å². The Balaban J connectivity index is 1.62. The van der Waals surface area contributed by atoms with Gasteiger partial charge in [-0.2, -0.15) is 0 Å². The highest BCUT2D eigenvalue weighted by atomic mass is 79.9. The van der Waals surface area contributed by atoms with Crippen molar-refractivity contribution in [2.75, 3.05) is 18.5 Å². The normalized spacial score (nSPS) is 17.7. The van der Waals surface area contributed by atoms with Crippen molar-refractivity contribution < 1.29 is 23.9 Å². The van der Waals surface area contributed by atoms with E-state index in [9.17, 15) is 19.2 Å². The summed E-state index contributed by atoms with van der Waals surface area (Å²) in [6, 6.07) is 4.45. The lowest BCUT2D eigenvalue weighted by atomic mass is 9.82. The van der Waals surface area contributed by atoms with Crippen molar-refractivity contribution in [1.29, 1.82) is 0 Å². The SMILES string of the molecule is CCCOC(=O)c1cc(Br)ccc1NC(=O)CCN1C(=O)NC2(CCCCC2)C1=O. The van der Waals surface area contributed by atoms with Gasteiger partial charge in [0.1, 0.15) is 5.54 Å². The zero-order valence-electron chi connectivity index (χ0n) is 17.0. The number of rotatable bonds is 7. The smallest absolute Gasteiger partial charge is 0.340 e. The van der Waals surface area contributed by atoms with Gasteiger partial charge >= 0.3 is 12.0 Å². The molecule has 0 aromatic heterocycles. The Morgan fingerprint density at radius 2 is 1.97 bits per heavy atom. The number of esters is 1. The first-order valence-corrected chi connectivity index (χ1v) is 11.1. The second-order valence-electron chi connectivity index (χ2n) is 7.65. The van der Waals surface area contributed by atoms with Crippen molar-refractivity contribution in [2.24, 2.45) is 0 Å². The Morgan fingerprint density at radius 3 is 2.67 bits per heavy atom. The summed E-state index contributed by atoms with van der Waals surface area (Å²) in [7, 11) is 0. The van der Waals surface area contributed by atoms with E-state index in [1.54, 1.807) is 18.2 Å². The number of anilines is 1. The third-order valence-corrected chi connectivity index (χ3v) is 5.92.